The predicted molar refractivity (Wildman–Crippen MR) is 89.4 cm³/mol. The van der Waals surface area contributed by atoms with E-state index in [1.54, 1.807) is 24.9 Å². The zero-order valence-electron chi connectivity index (χ0n) is 15.0. The Morgan fingerprint density at radius 2 is 2.27 bits per heavy atom. The average Bonchev–Trinajstić information content (AvgIpc) is 3.37. The first-order chi connectivity index (χ1) is 12.5. The zero-order chi connectivity index (χ0) is 18.7. The van der Waals surface area contributed by atoms with Crippen LogP contribution in [0.25, 0.3) is 0 Å². The predicted octanol–water partition coefficient (Wildman–Crippen LogP) is 0.0305. The Morgan fingerprint density at radius 1 is 1.46 bits per heavy atom. The van der Waals surface area contributed by atoms with Crippen LogP contribution in [-0.4, -0.2) is 64.3 Å². The van der Waals surface area contributed by atoms with Gasteiger partial charge in [0.25, 0.3) is 5.88 Å². The molecule has 10 nitrogen and oxygen atoms in total. The van der Waals surface area contributed by atoms with Crippen LogP contribution in [0.2, 0.25) is 0 Å². The number of carbonyl (C=O) groups excluding carboxylic acids is 2. The Hall–Kier alpha value is -2.91. The van der Waals surface area contributed by atoms with E-state index in [1.807, 2.05) is 0 Å². The van der Waals surface area contributed by atoms with Crippen molar-refractivity contribution in [3.63, 3.8) is 0 Å². The Labute approximate surface area is 150 Å². The van der Waals surface area contributed by atoms with E-state index in [0.717, 1.165) is 0 Å². The summed E-state index contributed by atoms with van der Waals surface area (Å²) < 4.78 is 10.1. The summed E-state index contributed by atoms with van der Waals surface area (Å²) in [7, 11) is 3.09. The van der Waals surface area contributed by atoms with Crippen molar-refractivity contribution in [2.24, 2.45) is 5.92 Å². The second-order valence-corrected chi connectivity index (χ2v) is 6.24. The van der Waals surface area contributed by atoms with Crippen LogP contribution in [0.4, 0.5) is 0 Å². The molecule has 2 aromatic heterocycles. The SMILES string of the molecule is CNC(=O)[C@@H]1CN(C(=O)CCc2cc(OC)no2)C[C@H]1c1n[nH]c(C)n1. The number of methoxy groups -OCH3 is 1. The number of amides is 2. The van der Waals surface area contributed by atoms with Crippen molar-refractivity contribution in [2.75, 3.05) is 27.2 Å². The van der Waals surface area contributed by atoms with Gasteiger partial charge in [-0.25, -0.2) is 4.98 Å². The van der Waals surface area contributed by atoms with Gasteiger partial charge in [0, 0.05) is 39.0 Å². The van der Waals surface area contributed by atoms with Gasteiger partial charge in [0.15, 0.2) is 5.82 Å². The summed E-state index contributed by atoms with van der Waals surface area (Å²) in [5, 5.41) is 13.3. The van der Waals surface area contributed by atoms with Gasteiger partial charge in [-0.2, -0.15) is 5.10 Å². The number of aryl methyl sites for hydroxylation is 2. The number of aromatic amines is 1. The lowest BCUT2D eigenvalue weighted by Gasteiger charge is -2.15. The molecule has 1 fully saturated rings. The molecule has 2 aromatic rings. The lowest BCUT2D eigenvalue weighted by atomic mass is 9.94. The second-order valence-electron chi connectivity index (χ2n) is 6.24. The summed E-state index contributed by atoms with van der Waals surface area (Å²) in [5.74, 6) is 1.44. The number of nitrogens with one attached hydrogen (secondary N) is 2. The summed E-state index contributed by atoms with van der Waals surface area (Å²) in [6.45, 7) is 2.55. The van der Waals surface area contributed by atoms with E-state index in [2.05, 4.69) is 25.7 Å². The Bertz CT molecular complexity index is 785. The molecule has 0 saturated carbocycles. The summed E-state index contributed by atoms with van der Waals surface area (Å²) in [5.41, 5.74) is 0. The maximum absolute atomic E-state index is 12.6. The molecule has 0 spiro atoms. The molecular weight excluding hydrogens is 340 g/mol. The maximum Gasteiger partial charge on any atom is 0.254 e. The molecular formula is C16H22N6O4. The van der Waals surface area contributed by atoms with E-state index in [4.69, 9.17) is 9.26 Å². The van der Waals surface area contributed by atoms with E-state index >= 15 is 0 Å². The Morgan fingerprint density at radius 3 is 2.88 bits per heavy atom. The van der Waals surface area contributed by atoms with Gasteiger partial charge in [0.05, 0.1) is 18.9 Å². The summed E-state index contributed by atoms with van der Waals surface area (Å²) in [6.07, 6.45) is 0.680. The molecule has 10 heteroatoms. The zero-order valence-corrected chi connectivity index (χ0v) is 15.0. The number of nitrogens with zero attached hydrogens (tertiary/aromatic N) is 4. The van der Waals surface area contributed by atoms with Crippen molar-refractivity contribution in [2.45, 2.75) is 25.7 Å². The van der Waals surface area contributed by atoms with Crippen LogP contribution in [0.1, 0.15) is 29.7 Å². The Kier molecular flexibility index (Phi) is 5.19. The van der Waals surface area contributed by atoms with Crippen LogP contribution in [0.3, 0.4) is 0 Å². The van der Waals surface area contributed by atoms with Crippen LogP contribution in [-0.2, 0) is 16.0 Å². The number of hydrogen-bond acceptors (Lipinski definition) is 7. The minimum atomic E-state index is -0.371. The van der Waals surface area contributed by atoms with Gasteiger partial charge in [-0.15, -0.1) is 0 Å². The number of hydrogen-bond donors (Lipinski definition) is 2. The van der Waals surface area contributed by atoms with Gasteiger partial charge in [-0.3, -0.25) is 14.7 Å². The molecule has 2 atom stereocenters. The molecule has 2 amide bonds. The smallest absolute Gasteiger partial charge is 0.254 e. The topological polar surface area (TPSA) is 126 Å². The van der Waals surface area contributed by atoms with Crippen LogP contribution in [0.5, 0.6) is 5.88 Å². The fourth-order valence-electron chi connectivity index (χ4n) is 3.14. The highest BCUT2D eigenvalue weighted by Gasteiger charge is 2.41. The normalized spacial score (nSPS) is 19.6. The molecule has 0 bridgehead atoms. The van der Waals surface area contributed by atoms with Gasteiger partial charge in [0.1, 0.15) is 11.6 Å². The molecule has 1 saturated heterocycles. The number of likely N-dealkylation sites (tertiary alicyclic amines) is 1. The third kappa shape index (κ3) is 3.68. The average molecular weight is 362 g/mol. The fourth-order valence-corrected chi connectivity index (χ4v) is 3.14. The Balaban J connectivity index is 1.65. The van der Waals surface area contributed by atoms with Crippen LogP contribution in [0.15, 0.2) is 10.6 Å². The second kappa shape index (κ2) is 7.54. The number of aromatic nitrogens is 4. The van der Waals surface area contributed by atoms with Crippen molar-refractivity contribution in [3.8, 4) is 5.88 Å². The quantitative estimate of drug-likeness (QED) is 0.742. The molecule has 1 aliphatic heterocycles. The van der Waals surface area contributed by atoms with Crippen molar-refractivity contribution < 1.29 is 18.8 Å². The van der Waals surface area contributed by atoms with E-state index < -0.39 is 0 Å². The molecule has 0 unspecified atom stereocenters. The highest BCUT2D eigenvalue weighted by Crippen LogP contribution is 2.31. The summed E-state index contributed by atoms with van der Waals surface area (Å²) in [6, 6.07) is 1.66. The summed E-state index contributed by atoms with van der Waals surface area (Å²) >= 11 is 0. The first-order valence-corrected chi connectivity index (χ1v) is 8.39. The standard InChI is InChI=1S/C16H22N6O4/c1-9-18-15(20-19-9)11-7-22(8-12(11)16(24)17-2)14(23)5-4-10-6-13(25-3)21-26-10/h6,11-12H,4-5,7-8H2,1-3H3,(H,17,24)(H,18,19,20)/t11-,12-/m1/s1. The fraction of sp³-hybridized carbons (Fsp3) is 0.562. The van der Waals surface area contributed by atoms with Gasteiger partial charge in [-0.05, 0) is 12.1 Å². The first kappa shape index (κ1) is 17.9. The van der Waals surface area contributed by atoms with Crippen LogP contribution >= 0.6 is 0 Å². The number of carbonyl (C=O) groups is 2. The molecule has 0 aliphatic carbocycles. The summed E-state index contributed by atoms with van der Waals surface area (Å²) in [4.78, 5) is 30.8. The minimum Gasteiger partial charge on any atom is -0.479 e. The molecule has 0 aromatic carbocycles. The number of H-pyrrole nitrogens is 1. The van der Waals surface area contributed by atoms with Crippen LogP contribution in [0, 0.1) is 12.8 Å². The molecule has 3 heterocycles. The van der Waals surface area contributed by atoms with Crippen LogP contribution < -0.4 is 10.1 Å². The van der Waals surface area contributed by atoms with Gasteiger partial charge in [0.2, 0.25) is 11.8 Å². The lowest BCUT2D eigenvalue weighted by Crippen LogP contribution is -2.33. The lowest BCUT2D eigenvalue weighted by molar-refractivity contribution is -0.130. The number of ether oxygens (including phenoxy) is 1. The van der Waals surface area contributed by atoms with E-state index in [0.29, 0.717) is 42.8 Å². The molecule has 3 rings (SSSR count). The van der Waals surface area contributed by atoms with Crippen molar-refractivity contribution in [1.29, 1.82) is 0 Å². The van der Waals surface area contributed by atoms with Crippen molar-refractivity contribution in [1.82, 2.24) is 30.6 Å². The van der Waals surface area contributed by atoms with Gasteiger partial charge in [-0.1, -0.05) is 0 Å². The van der Waals surface area contributed by atoms with Crippen molar-refractivity contribution >= 4 is 11.8 Å². The third-order valence-corrected chi connectivity index (χ3v) is 4.53. The third-order valence-electron chi connectivity index (χ3n) is 4.53. The molecule has 26 heavy (non-hydrogen) atoms. The van der Waals surface area contributed by atoms with Gasteiger partial charge < -0.3 is 19.5 Å². The highest BCUT2D eigenvalue weighted by molar-refractivity contribution is 5.83. The highest BCUT2D eigenvalue weighted by atomic mass is 16.5. The maximum atomic E-state index is 12.6. The largest absolute Gasteiger partial charge is 0.479 e. The first-order valence-electron chi connectivity index (χ1n) is 8.39. The molecule has 2 N–H and O–H groups in total. The van der Waals surface area contributed by atoms with Crippen molar-refractivity contribution in [3.05, 3.63) is 23.5 Å². The number of rotatable bonds is 6. The van der Waals surface area contributed by atoms with E-state index in [-0.39, 0.29) is 30.1 Å². The molecule has 140 valence electrons. The van der Waals surface area contributed by atoms with Gasteiger partial charge >= 0.3 is 0 Å². The molecule has 0 radical (unpaired) electrons. The molecule has 1 aliphatic rings. The van der Waals surface area contributed by atoms with E-state index in [9.17, 15) is 9.59 Å². The monoisotopic (exact) mass is 362 g/mol. The van der Waals surface area contributed by atoms with E-state index in [1.165, 1.54) is 7.11 Å². The minimum absolute atomic E-state index is 0.0518.